The highest BCUT2D eigenvalue weighted by molar-refractivity contribution is 9.10. The first kappa shape index (κ1) is 10.5. The highest BCUT2D eigenvalue weighted by atomic mass is 79.9. The van der Waals surface area contributed by atoms with E-state index in [0.29, 0.717) is 0 Å². The van der Waals surface area contributed by atoms with E-state index in [2.05, 4.69) is 33.2 Å². The predicted molar refractivity (Wildman–Crippen MR) is 56.0 cm³/mol. The van der Waals surface area contributed by atoms with Gasteiger partial charge in [-0.3, -0.25) is 0 Å². The van der Waals surface area contributed by atoms with Crippen molar-refractivity contribution in [2.75, 3.05) is 14.2 Å². The van der Waals surface area contributed by atoms with Crippen LogP contribution >= 0.6 is 15.9 Å². The number of hydrogen-bond donors (Lipinski definition) is 1. The molecule has 13 heavy (non-hydrogen) atoms. The molecule has 72 valence electrons. The van der Waals surface area contributed by atoms with Crippen molar-refractivity contribution in [2.45, 2.75) is 13.0 Å². The van der Waals surface area contributed by atoms with Crippen LogP contribution in [-0.2, 0) is 0 Å². The first-order valence-corrected chi connectivity index (χ1v) is 4.86. The number of nitrogens with one attached hydrogen (secondary N) is 1. The van der Waals surface area contributed by atoms with Gasteiger partial charge in [-0.2, -0.15) is 0 Å². The van der Waals surface area contributed by atoms with Gasteiger partial charge in [-0.05, 0) is 42.0 Å². The number of rotatable bonds is 3. The number of halogens is 1. The van der Waals surface area contributed by atoms with Crippen LogP contribution in [0.15, 0.2) is 16.7 Å². The average molecular weight is 245 g/mol. The molecule has 4 heteroatoms. The van der Waals surface area contributed by atoms with Gasteiger partial charge in [0.05, 0.1) is 12.8 Å². The van der Waals surface area contributed by atoms with Crippen molar-refractivity contribution in [3.05, 3.63) is 22.4 Å². The summed E-state index contributed by atoms with van der Waals surface area (Å²) in [7, 11) is 3.54. The predicted octanol–water partition coefficient (Wildman–Crippen LogP) is 2.13. The molecule has 3 nitrogen and oxygen atoms in total. The van der Waals surface area contributed by atoms with Gasteiger partial charge in [-0.25, -0.2) is 4.98 Å². The molecule has 0 unspecified atom stereocenters. The van der Waals surface area contributed by atoms with Gasteiger partial charge < -0.3 is 10.1 Å². The summed E-state index contributed by atoms with van der Waals surface area (Å²) >= 11 is 3.34. The molecule has 0 saturated heterocycles. The maximum atomic E-state index is 5.08. The number of ether oxygens (including phenoxy) is 1. The van der Waals surface area contributed by atoms with Crippen molar-refractivity contribution in [1.82, 2.24) is 10.3 Å². The number of pyridine rings is 1. The summed E-state index contributed by atoms with van der Waals surface area (Å²) in [5.41, 5.74) is 0.996. The zero-order valence-corrected chi connectivity index (χ0v) is 9.55. The van der Waals surface area contributed by atoms with Crippen LogP contribution in [-0.4, -0.2) is 19.1 Å². The fourth-order valence-corrected chi connectivity index (χ4v) is 1.48. The first-order valence-electron chi connectivity index (χ1n) is 4.06. The molecule has 0 aromatic carbocycles. The van der Waals surface area contributed by atoms with E-state index in [4.69, 9.17) is 4.74 Å². The molecule has 0 bridgehead atoms. The van der Waals surface area contributed by atoms with Gasteiger partial charge in [0.1, 0.15) is 4.60 Å². The molecule has 0 amide bonds. The van der Waals surface area contributed by atoms with Crippen molar-refractivity contribution in [2.24, 2.45) is 0 Å². The zero-order chi connectivity index (χ0) is 9.84. The summed E-state index contributed by atoms with van der Waals surface area (Å²) in [5, 5.41) is 3.12. The Labute approximate surface area is 86.6 Å². The molecule has 1 atom stereocenters. The van der Waals surface area contributed by atoms with Crippen molar-refractivity contribution < 1.29 is 4.74 Å². The topological polar surface area (TPSA) is 34.1 Å². The summed E-state index contributed by atoms with van der Waals surface area (Å²) in [6.07, 6.45) is 0. The molecule has 1 aromatic rings. The lowest BCUT2D eigenvalue weighted by atomic mass is 10.2. The molecule has 1 rings (SSSR count). The summed E-state index contributed by atoms with van der Waals surface area (Å²) in [4.78, 5) is 4.34. The van der Waals surface area contributed by atoms with E-state index in [-0.39, 0.29) is 6.04 Å². The van der Waals surface area contributed by atoms with Crippen LogP contribution < -0.4 is 10.1 Å². The largest absolute Gasteiger partial charge is 0.494 e. The quantitative estimate of drug-likeness (QED) is 0.828. The lowest BCUT2D eigenvalue weighted by Crippen LogP contribution is -2.13. The molecular formula is C9H13BrN2O. The van der Waals surface area contributed by atoms with Crippen molar-refractivity contribution in [3.8, 4) is 5.75 Å². The SMILES string of the molecule is CN[C@@H](C)c1ccc(OC)c(Br)n1. The second-order valence-corrected chi connectivity index (χ2v) is 3.49. The Hall–Kier alpha value is -0.610. The Morgan fingerprint density at radius 2 is 2.23 bits per heavy atom. The van der Waals surface area contributed by atoms with Gasteiger partial charge in [0.15, 0.2) is 5.75 Å². The Kier molecular flexibility index (Phi) is 3.69. The maximum Gasteiger partial charge on any atom is 0.151 e. The molecule has 1 aromatic heterocycles. The molecule has 0 fully saturated rings. The van der Waals surface area contributed by atoms with E-state index in [9.17, 15) is 0 Å². The molecule has 0 saturated carbocycles. The summed E-state index contributed by atoms with van der Waals surface area (Å²) in [5.74, 6) is 0.757. The summed E-state index contributed by atoms with van der Waals surface area (Å²) < 4.78 is 5.83. The first-order chi connectivity index (χ1) is 6.19. The smallest absolute Gasteiger partial charge is 0.151 e. The third kappa shape index (κ3) is 2.42. The summed E-state index contributed by atoms with van der Waals surface area (Å²) in [6, 6.07) is 4.10. The van der Waals surface area contributed by atoms with Crippen LogP contribution in [0.3, 0.4) is 0 Å². The molecule has 0 aliphatic carbocycles. The number of nitrogens with zero attached hydrogens (tertiary/aromatic N) is 1. The van der Waals surface area contributed by atoms with Crippen LogP contribution in [0.1, 0.15) is 18.7 Å². The van der Waals surface area contributed by atoms with E-state index < -0.39 is 0 Å². The van der Waals surface area contributed by atoms with Crippen LogP contribution in [0, 0.1) is 0 Å². The normalized spacial score (nSPS) is 12.6. The Morgan fingerprint density at radius 3 is 2.69 bits per heavy atom. The van der Waals surface area contributed by atoms with Crippen LogP contribution in [0.5, 0.6) is 5.75 Å². The van der Waals surface area contributed by atoms with Gasteiger partial charge in [0.2, 0.25) is 0 Å². The van der Waals surface area contributed by atoms with Crippen LogP contribution in [0.4, 0.5) is 0 Å². The third-order valence-corrected chi connectivity index (χ3v) is 2.50. The minimum absolute atomic E-state index is 0.252. The second kappa shape index (κ2) is 4.58. The fourth-order valence-electron chi connectivity index (χ4n) is 0.977. The third-order valence-electron chi connectivity index (χ3n) is 1.93. The van der Waals surface area contributed by atoms with Gasteiger partial charge in [0.25, 0.3) is 0 Å². The fraction of sp³-hybridized carbons (Fsp3) is 0.444. The average Bonchev–Trinajstić information content (AvgIpc) is 2.16. The lowest BCUT2D eigenvalue weighted by Gasteiger charge is -2.10. The molecule has 0 spiro atoms. The van der Waals surface area contributed by atoms with Gasteiger partial charge in [-0.1, -0.05) is 0 Å². The minimum atomic E-state index is 0.252. The molecule has 1 N–H and O–H groups in total. The Balaban J connectivity index is 2.95. The standard InChI is InChI=1S/C9H13BrN2O/c1-6(11-2)7-4-5-8(13-3)9(10)12-7/h4-6,11H,1-3H3/t6-/m0/s1. The molecule has 0 radical (unpaired) electrons. The van der Waals surface area contributed by atoms with Gasteiger partial charge in [0, 0.05) is 6.04 Å². The Morgan fingerprint density at radius 1 is 1.54 bits per heavy atom. The van der Waals surface area contributed by atoms with Crippen LogP contribution in [0.25, 0.3) is 0 Å². The van der Waals surface area contributed by atoms with Gasteiger partial charge >= 0.3 is 0 Å². The number of methoxy groups -OCH3 is 1. The highest BCUT2D eigenvalue weighted by Gasteiger charge is 2.07. The summed E-state index contributed by atoms with van der Waals surface area (Å²) in [6.45, 7) is 2.06. The molecule has 0 aliphatic rings. The van der Waals surface area contributed by atoms with Crippen molar-refractivity contribution in [1.29, 1.82) is 0 Å². The Bertz CT molecular complexity index is 291. The lowest BCUT2D eigenvalue weighted by molar-refractivity contribution is 0.408. The second-order valence-electron chi connectivity index (χ2n) is 2.74. The van der Waals surface area contributed by atoms with Gasteiger partial charge in [-0.15, -0.1) is 0 Å². The van der Waals surface area contributed by atoms with E-state index in [0.717, 1.165) is 16.0 Å². The van der Waals surface area contributed by atoms with Crippen molar-refractivity contribution in [3.63, 3.8) is 0 Å². The van der Waals surface area contributed by atoms with Crippen molar-refractivity contribution >= 4 is 15.9 Å². The monoisotopic (exact) mass is 244 g/mol. The van der Waals surface area contributed by atoms with E-state index in [1.54, 1.807) is 7.11 Å². The van der Waals surface area contributed by atoms with E-state index in [1.807, 2.05) is 19.2 Å². The minimum Gasteiger partial charge on any atom is -0.494 e. The molecule has 1 heterocycles. The zero-order valence-electron chi connectivity index (χ0n) is 7.97. The van der Waals surface area contributed by atoms with E-state index >= 15 is 0 Å². The number of aromatic nitrogens is 1. The van der Waals surface area contributed by atoms with E-state index in [1.165, 1.54) is 0 Å². The maximum absolute atomic E-state index is 5.08. The molecular weight excluding hydrogens is 232 g/mol. The highest BCUT2D eigenvalue weighted by Crippen LogP contribution is 2.24. The molecule has 0 aliphatic heterocycles. The number of hydrogen-bond acceptors (Lipinski definition) is 3. The van der Waals surface area contributed by atoms with Crippen LogP contribution in [0.2, 0.25) is 0 Å².